The van der Waals surface area contributed by atoms with E-state index in [9.17, 15) is 4.79 Å². The Morgan fingerprint density at radius 2 is 1.80 bits per heavy atom. The van der Waals surface area contributed by atoms with Crippen LogP contribution in [0.1, 0.15) is 59.1 Å². The average Bonchev–Trinajstić information content (AvgIpc) is 3.21. The molecule has 0 saturated heterocycles. The number of ether oxygens (including phenoxy) is 2. The highest BCUT2D eigenvalue weighted by Crippen LogP contribution is 2.29. The summed E-state index contributed by atoms with van der Waals surface area (Å²) in [5.41, 5.74) is 1.88. The zero-order chi connectivity index (χ0) is 21.6. The summed E-state index contributed by atoms with van der Waals surface area (Å²) in [6.07, 6.45) is 4.91. The minimum Gasteiger partial charge on any atom is -0.494 e. The number of aromatic nitrogens is 1. The molecule has 0 fully saturated rings. The summed E-state index contributed by atoms with van der Waals surface area (Å²) in [7, 11) is 0. The Balaban J connectivity index is 1.55. The predicted octanol–water partition coefficient (Wildman–Crippen LogP) is 6.29. The van der Waals surface area contributed by atoms with E-state index in [2.05, 4.69) is 44.0 Å². The van der Waals surface area contributed by atoms with Crippen molar-refractivity contribution in [3.8, 4) is 17.2 Å². The lowest BCUT2D eigenvalue weighted by molar-refractivity contribution is -0.143. The fourth-order valence-electron chi connectivity index (χ4n) is 3.17. The van der Waals surface area contributed by atoms with Gasteiger partial charge in [-0.05, 0) is 61.2 Å². The zero-order valence-electron chi connectivity index (χ0n) is 18.4. The van der Waals surface area contributed by atoms with Crippen molar-refractivity contribution in [1.29, 1.82) is 0 Å². The SMILES string of the molecule is CCOC(=O)CCCCCOc1ccc2cc(-c3nc(C(C)(C)C)co3)ccc2c1. The topological polar surface area (TPSA) is 61.6 Å². The molecule has 0 N–H and O–H groups in total. The van der Waals surface area contributed by atoms with Gasteiger partial charge in [-0.3, -0.25) is 4.79 Å². The summed E-state index contributed by atoms with van der Waals surface area (Å²) in [5.74, 6) is 1.38. The van der Waals surface area contributed by atoms with Crippen molar-refractivity contribution in [3.63, 3.8) is 0 Å². The molecule has 30 heavy (non-hydrogen) atoms. The van der Waals surface area contributed by atoms with Crippen LogP contribution in [-0.4, -0.2) is 24.2 Å². The number of rotatable bonds is 9. The number of unbranched alkanes of at least 4 members (excludes halogenated alkanes) is 2. The van der Waals surface area contributed by atoms with Crippen molar-refractivity contribution < 1.29 is 18.7 Å². The number of oxazole rings is 1. The van der Waals surface area contributed by atoms with Crippen molar-refractivity contribution in [2.45, 2.75) is 58.8 Å². The Morgan fingerprint density at radius 3 is 2.53 bits per heavy atom. The first-order valence-corrected chi connectivity index (χ1v) is 10.7. The molecule has 0 atom stereocenters. The largest absolute Gasteiger partial charge is 0.494 e. The number of carbonyl (C=O) groups excluding carboxylic acids is 1. The molecule has 0 amide bonds. The zero-order valence-corrected chi connectivity index (χ0v) is 18.4. The second-order valence-corrected chi connectivity index (χ2v) is 8.48. The van der Waals surface area contributed by atoms with Gasteiger partial charge in [0.05, 0.1) is 18.9 Å². The van der Waals surface area contributed by atoms with Crippen LogP contribution in [0.25, 0.3) is 22.2 Å². The number of fused-ring (bicyclic) bond motifs is 1. The van der Waals surface area contributed by atoms with Gasteiger partial charge >= 0.3 is 5.97 Å². The molecule has 0 spiro atoms. The third-order valence-corrected chi connectivity index (χ3v) is 4.93. The summed E-state index contributed by atoms with van der Waals surface area (Å²) in [4.78, 5) is 16.0. The van der Waals surface area contributed by atoms with Gasteiger partial charge in [-0.25, -0.2) is 4.98 Å². The van der Waals surface area contributed by atoms with Gasteiger partial charge < -0.3 is 13.9 Å². The molecule has 0 bridgehead atoms. The number of esters is 1. The molecule has 5 nitrogen and oxygen atoms in total. The van der Waals surface area contributed by atoms with Gasteiger partial charge in [0.25, 0.3) is 0 Å². The van der Waals surface area contributed by atoms with Crippen LogP contribution in [0, 0.1) is 0 Å². The second kappa shape index (κ2) is 9.79. The van der Waals surface area contributed by atoms with Crippen LogP contribution in [0.3, 0.4) is 0 Å². The fraction of sp³-hybridized carbons (Fsp3) is 0.440. The maximum Gasteiger partial charge on any atom is 0.305 e. The number of carbonyl (C=O) groups is 1. The van der Waals surface area contributed by atoms with E-state index >= 15 is 0 Å². The number of benzene rings is 2. The second-order valence-electron chi connectivity index (χ2n) is 8.48. The van der Waals surface area contributed by atoms with Gasteiger partial charge in [0.15, 0.2) is 0 Å². The molecule has 0 radical (unpaired) electrons. The number of hydrogen-bond donors (Lipinski definition) is 0. The molecule has 160 valence electrons. The monoisotopic (exact) mass is 409 g/mol. The maximum atomic E-state index is 11.3. The normalized spacial score (nSPS) is 11.6. The molecular formula is C25H31NO4. The molecule has 0 aliphatic heterocycles. The van der Waals surface area contributed by atoms with E-state index in [-0.39, 0.29) is 11.4 Å². The van der Waals surface area contributed by atoms with E-state index in [0.29, 0.717) is 25.5 Å². The Labute approximate surface area is 178 Å². The van der Waals surface area contributed by atoms with Crippen LogP contribution >= 0.6 is 0 Å². The first kappa shape index (κ1) is 21.9. The highest BCUT2D eigenvalue weighted by molar-refractivity contribution is 5.87. The summed E-state index contributed by atoms with van der Waals surface area (Å²) < 4.78 is 16.5. The molecule has 0 saturated carbocycles. The highest BCUT2D eigenvalue weighted by Gasteiger charge is 2.19. The molecule has 0 aliphatic carbocycles. The van der Waals surface area contributed by atoms with Gasteiger partial charge in [0.1, 0.15) is 12.0 Å². The number of hydrogen-bond acceptors (Lipinski definition) is 5. The molecule has 0 unspecified atom stereocenters. The summed E-state index contributed by atoms with van der Waals surface area (Å²) in [6, 6.07) is 12.3. The van der Waals surface area contributed by atoms with Crippen LogP contribution in [0.4, 0.5) is 0 Å². The first-order chi connectivity index (χ1) is 14.4. The van der Waals surface area contributed by atoms with Crippen LogP contribution in [0.5, 0.6) is 5.75 Å². The van der Waals surface area contributed by atoms with E-state index in [4.69, 9.17) is 13.9 Å². The third kappa shape index (κ3) is 5.85. The van der Waals surface area contributed by atoms with E-state index in [1.807, 2.05) is 25.1 Å². The van der Waals surface area contributed by atoms with Crippen molar-refractivity contribution in [3.05, 3.63) is 48.4 Å². The van der Waals surface area contributed by atoms with Crippen molar-refractivity contribution in [2.75, 3.05) is 13.2 Å². The fourth-order valence-corrected chi connectivity index (χ4v) is 3.17. The van der Waals surface area contributed by atoms with Crippen molar-refractivity contribution >= 4 is 16.7 Å². The van der Waals surface area contributed by atoms with Crippen LogP contribution in [0.15, 0.2) is 47.1 Å². The highest BCUT2D eigenvalue weighted by atomic mass is 16.5. The summed E-state index contributed by atoms with van der Waals surface area (Å²) in [6.45, 7) is 9.28. The van der Waals surface area contributed by atoms with Crippen molar-refractivity contribution in [2.24, 2.45) is 0 Å². The molecular weight excluding hydrogens is 378 g/mol. The smallest absolute Gasteiger partial charge is 0.305 e. The third-order valence-electron chi connectivity index (χ3n) is 4.93. The Morgan fingerprint density at radius 1 is 1.03 bits per heavy atom. The van der Waals surface area contributed by atoms with Gasteiger partial charge in [0, 0.05) is 17.4 Å². The molecule has 3 rings (SSSR count). The average molecular weight is 410 g/mol. The molecule has 0 aliphatic rings. The lowest BCUT2D eigenvalue weighted by Crippen LogP contribution is -2.11. The molecule has 3 aromatic rings. The van der Waals surface area contributed by atoms with Gasteiger partial charge in [-0.15, -0.1) is 0 Å². The summed E-state index contributed by atoms with van der Waals surface area (Å²) in [5, 5.41) is 2.23. The lowest BCUT2D eigenvalue weighted by atomic mass is 9.93. The van der Waals surface area contributed by atoms with Crippen LogP contribution in [-0.2, 0) is 14.9 Å². The van der Waals surface area contributed by atoms with Gasteiger partial charge in [0.2, 0.25) is 5.89 Å². The lowest BCUT2D eigenvalue weighted by Gasteiger charge is -2.13. The minimum absolute atomic E-state index is 0.0380. The molecule has 1 heterocycles. The van der Waals surface area contributed by atoms with E-state index in [1.165, 1.54) is 0 Å². The molecule has 5 heteroatoms. The first-order valence-electron chi connectivity index (χ1n) is 10.7. The Hall–Kier alpha value is -2.82. The Kier molecular flexibility index (Phi) is 7.14. The van der Waals surface area contributed by atoms with E-state index in [0.717, 1.165) is 47.0 Å². The predicted molar refractivity (Wildman–Crippen MR) is 119 cm³/mol. The molecule has 1 aromatic heterocycles. The molecule has 2 aromatic carbocycles. The van der Waals surface area contributed by atoms with E-state index in [1.54, 1.807) is 6.26 Å². The van der Waals surface area contributed by atoms with Crippen LogP contribution in [0.2, 0.25) is 0 Å². The standard InChI is InChI=1S/C25H31NO4/c1-5-28-23(27)9-7-6-8-14-29-21-13-12-18-15-20(11-10-19(18)16-21)24-26-22(17-30-24)25(2,3)4/h10-13,15-17H,5-9,14H2,1-4H3. The minimum atomic E-state index is -0.119. The van der Waals surface area contributed by atoms with Gasteiger partial charge in [-0.2, -0.15) is 0 Å². The Bertz CT molecular complexity index is 984. The number of nitrogens with zero attached hydrogens (tertiary/aromatic N) is 1. The maximum absolute atomic E-state index is 11.3. The van der Waals surface area contributed by atoms with Crippen molar-refractivity contribution in [1.82, 2.24) is 4.98 Å². The quantitative estimate of drug-likeness (QED) is 0.307. The summed E-state index contributed by atoms with van der Waals surface area (Å²) >= 11 is 0. The van der Waals surface area contributed by atoms with E-state index < -0.39 is 0 Å². The van der Waals surface area contributed by atoms with Gasteiger partial charge in [-0.1, -0.05) is 32.9 Å². The van der Waals surface area contributed by atoms with Crippen LogP contribution < -0.4 is 4.74 Å².